The van der Waals surface area contributed by atoms with E-state index in [1.165, 1.54) is 90.0 Å². The molecule has 2 heterocycles. The molecule has 2 unspecified atom stereocenters. The number of unbranched alkanes of at least 4 members (excludes halogenated alkanes) is 13. The van der Waals surface area contributed by atoms with Crippen molar-refractivity contribution in [3.05, 3.63) is 22.7 Å². The lowest BCUT2D eigenvalue weighted by Crippen LogP contribution is -2.40. The van der Waals surface area contributed by atoms with Crippen molar-refractivity contribution in [3.8, 4) is 0 Å². The van der Waals surface area contributed by atoms with E-state index < -0.39 is 58.6 Å². The molecule has 0 saturated carbocycles. The highest BCUT2D eigenvalue weighted by Crippen LogP contribution is 2.57. The number of nitrogens with two attached hydrogens (primary N) is 1. The summed E-state index contributed by atoms with van der Waals surface area (Å²) in [6.45, 7) is 2.10. The Morgan fingerprint density at radius 3 is 2.06 bits per heavy atom. The molecule has 0 amide bonds. The fraction of sp³-hybridized carbons (Fsp3) is 0.862. The molecular weight excluding hydrogens is 660 g/mol. The minimum atomic E-state index is -5.37. The second-order valence-corrected chi connectivity index (χ2v) is 14.6. The van der Waals surface area contributed by atoms with Gasteiger partial charge >= 0.3 is 21.3 Å². The largest absolute Gasteiger partial charge is 0.481 e. The van der Waals surface area contributed by atoms with Crippen LogP contribution >= 0.6 is 15.6 Å². The van der Waals surface area contributed by atoms with Gasteiger partial charge in [0.15, 0.2) is 6.23 Å². The molecule has 0 aromatic carbocycles. The smallest absolute Gasteiger partial charge is 0.386 e. The first-order valence-electron chi connectivity index (χ1n) is 16.5. The summed E-state index contributed by atoms with van der Waals surface area (Å²) < 4.78 is 55.3. The van der Waals surface area contributed by atoms with Crippen LogP contribution in [0.2, 0.25) is 0 Å². The van der Waals surface area contributed by atoms with Gasteiger partial charge in [-0.1, -0.05) is 90.4 Å². The molecule has 18 heteroatoms. The topological polar surface area (TPSA) is 231 Å². The van der Waals surface area contributed by atoms with Gasteiger partial charge in [0.1, 0.15) is 30.2 Å². The molecule has 0 bridgehead atoms. The van der Waals surface area contributed by atoms with Gasteiger partial charge in [-0.2, -0.15) is 9.29 Å². The molecule has 0 radical (unpaired) electrons. The maximum atomic E-state index is 12.4. The van der Waals surface area contributed by atoms with Crippen molar-refractivity contribution >= 4 is 21.5 Å². The molecule has 2 rings (SSSR count). The first kappa shape index (κ1) is 41.9. The van der Waals surface area contributed by atoms with Gasteiger partial charge in [0, 0.05) is 19.9 Å². The van der Waals surface area contributed by atoms with Crippen LogP contribution in [0.15, 0.2) is 17.1 Å². The van der Waals surface area contributed by atoms with Crippen LogP contribution in [0, 0.1) is 0 Å². The Balaban J connectivity index is 1.75. The zero-order valence-electron chi connectivity index (χ0n) is 27.6. The van der Waals surface area contributed by atoms with Gasteiger partial charge in [0.25, 0.3) is 0 Å². The zero-order chi connectivity index (χ0) is 34.7. The van der Waals surface area contributed by atoms with Gasteiger partial charge < -0.3 is 44.5 Å². The second kappa shape index (κ2) is 22.5. The maximum absolute atomic E-state index is 12.4. The third kappa shape index (κ3) is 17.3. The molecule has 274 valence electrons. The van der Waals surface area contributed by atoms with E-state index >= 15 is 0 Å². The first-order chi connectivity index (χ1) is 22.4. The van der Waals surface area contributed by atoms with Crippen LogP contribution in [-0.2, 0) is 36.9 Å². The van der Waals surface area contributed by atoms with Gasteiger partial charge in [0.05, 0.1) is 19.8 Å². The molecule has 6 N–H and O–H groups in total. The number of phosphoric ester groups is 1. The molecule has 0 spiro atoms. The summed E-state index contributed by atoms with van der Waals surface area (Å²) in [4.78, 5) is 43.4. The minimum absolute atomic E-state index is 0.0563. The molecule has 1 aliphatic heterocycles. The Hall–Kier alpha value is -1.26. The average Bonchev–Trinajstić information content (AvgIpc) is 3.30. The van der Waals surface area contributed by atoms with E-state index in [1.807, 2.05) is 0 Å². The minimum Gasteiger partial charge on any atom is -0.386 e. The van der Waals surface area contributed by atoms with Crippen LogP contribution < -0.4 is 11.4 Å². The Labute approximate surface area is 277 Å². The Morgan fingerprint density at radius 1 is 0.957 bits per heavy atom. The number of anilines is 1. The summed E-state index contributed by atoms with van der Waals surface area (Å²) >= 11 is 0. The number of aromatic nitrogens is 2. The summed E-state index contributed by atoms with van der Waals surface area (Å²) in [5.41, 5.74) is 4.71. The summed E-state index contributed by atoms with van der Waals surface area (Å²) in [6, 6.07) is 1.31. The van der Waals surface area contributed by atoms with Crippen LogP contribution in [-0.4, -0.2) is 87.3 Å². The molecule has 1 saturated heterocycles. The van der Waals surface area contributed by atoms with Crippen molar-refractivity contribution < 1.29 is 56.7 Å². The lowest BCUT2D eigenvalue weighted by atomic mass is 10.0. The van der Waals surface area contributed by atoms with Crippen LogP contribution in [0.25, 0.3) is 0 Å². The summed E-state index contributed by atoms with van der Waals surface area (Å²) in [6.07, 6.45) is 13.0. The lowest BCUT2D eigenvalue weighted by Gasteiger charge is -2.24. The van der Waals surface area contributed by atoms with Crippen LogP contribution in [0.1, 0.15) is 103 Å². The third-order valence-electron chi connectivity index (χ3n) is 7.80. The predicted octanol–water partition coefficient (Wildman–Crippen LogP) is 4.21. The van der Waals surface area contributed by atoms with E-state index in [-0.39, 0.29) is 19.0 Å². The normalized spacial score (nSPS) is 22.0. The van der Waals surface area contributed by atoms with E-state index in [2.05, 4.69) is 16.2 Å². The highest BCUT2D eigenvalue weighted by atomic mass is 31.3. The Morgan fingerprint density at radius 2 is 1.53 bits per heavy atom. The molecule has 1 fully saturated rings. The number of methoxy groups -OCH3 is 1. The van der Waals surface area contributed by atoms with Gasteiger partial charge in [0.2, 0.25) is 0 Å². The fourth-order valence-electron chi connectivity index (χ4n) is 5.25. The Kier molecular flexibility index (Phi) is 20.0. The summed E-state index contributed by atoms with van der Waals surface area (Å²) in [5.74, 6) is -0.0563. The van der Waals surface area contributed by atoms with Crippen molar-refractivity contribution in [2.75, 3.05) is 39.3 Å². The number of hydrogen-bond acceptors (Lipinski definition) is 12. The van der Waals surface area contributed by atoms with Crippen molar-refractivity contribution in [1.29, 1.82) is 0 Å². The van der Waals surface area contributed by atoms with Crippen molar-refractivity contribution in [2.45, 2.75) is 127 Å². The molecule has 6 atom stereocenters. The molecule has 1 aromatic heterocycles. The van der Waals surface area contributed by atoms with Gasteiger partial charge in [-0.15, -0.1) is 0 Å². The van der Waals surface area contributed by atoms with E-state index in [9.17, 15) is 23.9 Å². The van der Waals surface area contributed by atoms with E-state index in [0.717, 1.165) is 23.8 Å². The fourth-order valence-corrected chi connectivity index (χ4v) is 6.85. The number of aliphatic hydroxyl groups is 1. The summed E-state index contributed by atoms with van der Waals surface area (Å²) in [7, 11) is -9.13. The standard InChI is InChI=1S/C29H55N3O13P2/c1-3-4-5-6-7-8-9-10-11-12-13-14-15-16-19-41-20-23(40-2)21-42-27-24(22-43-47(38,39)45-46(35,36)37)44-28(26(27)33)32-18-17-25(30)31-29(32)34/h17-18,23-24,26-28,33H,3-16,19-22H2,1-2H3,(H,38,39)(H2,30,31,34)(H2,35,36,37)/t23?,24-,26-,27-,28-/m1/s1. The van der Waals surface area contributed by atoms with Crippen LogP contribution in [0.4, 0.5) is 5.82 Å². The SMILES string of the molecule is CCCCCCCCCCCCCCCCOCC(CO[C@H]1[C@@H](O)[C@H](n2ccc(N)nc2=O)O[C@@H]1COP(=O)(O)OP(=O)(O)O)OC. The lowest BCUT2D eigenvalue weighted by molar-refractivity contribution is -0.0991. The van der Waals surface area contributed by atoms with Crippen molar-refractivity contribution in [3.63, 3.8) is 0 Å². The van der Waals surface area contributed by atoms with Crippen molar-refractivity contribution in [1.82, 2.24) is 9.55 Å². The van der Waals surface area contributed by atoms with E-state index in [1.54, 1.807) is 0 Å². The molecule has 1 aromatic rings. The summed E-state index contributed by atoms with van der Waals surface area (Å²) in [5, 5.41) is 11.0. The molecule has 0 aliphatic carbocycles. The highest BCUT2D eigenvalue weighted by molar-refractivity contribution is 7.60. The quantitative estimate of drug-likeness (QED) is 0.0634. The van der Waals surface area contributed by atoms with Crippen LogP contribution in [0.5, 0.6) is 0 Å². The molecule has 1 aliphatic rings. The number of phosphoric acid groups is 2. The monoisotopic (exact) mass is 715 g/mol. The zero-order valence-corrected chi connectivity index (χ0v) is 29.4. The van der Waals surface area contributed by atoms with E-state index in [0.29, 0.717) is 6.61 Å². The maximum Gasteiger partial charge on any atom is 0.481 e. The van der Waals surface area contributed by atoms with Gasteiger partial charge in [-0.25, -0.2) is 13.9 Å². The molecule has 47 heavy (non-hydrogen) atoms. The van der Waals surface area contributed by atoms with Gasteiger partial charge in [-0.3, -0.25) is 9.09 Å². The van der Waals surface area contributed by atoms with Crippen LogP contribution in [0.3, 0.4) is 0 Å². The Bertz CT molecular complexity index is 1150. The number of hydrogen-bond donors (Lipinski definition) is 5. The molecular formula is C29H55N3O13P2. The van der Waals surface area contributed by atoms with E-state index in [4.69, 9.17) is 39.0 Å². The highest BCUT2D eigenvalue weighted by Gasteiger charge is 2.47. The number of nitrogen functional groups attached to an aromatic ring is 1. The number of nitrogens with zero attached hydrogens (tertiary/aromatic N) is 2. The average molecular weight is 716 g/mol. The first-order valence-corrected chi connectivity index (χ1v) is 19.5. The third-order valence-corrected chi connectivity index (χ3v) is 9.95. The number of rotatable bonds is 27. The predicted molar refractivity (Wildman–Crippen MR) is 173 cm³/mol. The molecule has 16 nitrogen and oxygen atoms in total. The second-order valence-electron chi connectivity index (χ2n) is 11.8. The number of aliphatic hydroxyl groups excluding tert-OH is 1. The van der Waals surface area contributed by atoms with Crippen molar-refractivity contribution in [2.24, 2.45) is 0 Å². The van der Waals surface area contributed by atoms with Gasteiger partial charge in [-0.05, 0) is 12.5 Å². The number of ether oxygens (including phenoxy) is 4.